The summed E-state index contributed by atoms with van der Waals surface area (Å²) in [5, 5.41) is 14.8. The molecule has 3 rings (SSSR count). The molecule has 1 heterocycles. The number of hydrogen-bond donors (Lipinski definition) is 2. The quantitative estimate of drug-likeness (QED) is 0.456. The van der Waals surface area contributed by atoms with E-state index in [1.807, 2.05) is 0 Å². The Morgan fingerprint density at radius 3 is 2.61 bits per heavy atom. The number of hydrogen-bond acceptors (Lipinski definition) is 6. The van der Waals surface area contributed by atoms with Crippen LogP contribution in [0.25, 0.3) is 0 Å². The summed E-state index contributed by atoms with van der Waals surface area (Å²) in [5.41, 5.74) is 4.86. The minimum Gasteiger partial charge on any atom is -0.507 e. The molecule has 0 bridgehead atoms. The van der Waals surface area contributed by atoms with Gasteiger partial charge in [-0.15, -0.1) is 0 Å². The van der Waals surface area contributed by atoms with Crippen molar-refractivity contribution in [3.05, 3.63) is 52.5 Å². The van der Waals surface area contributed by atoms with Crippen molar-refractivity contribution in [2.45, 2.75) is 26.3 Å². The summed E-state index contributed by atoms with van der Waals surface area (Å²) in [4.78, 5) is 26.1. The van der Waals surface area contributed by atoms with Gasteiger partial charge in [-0.1, -0.05) is 11.6 Å². The van der Waals surface area contributed by atoms with Gasteiger partial charge in [-0.25, -0.2) is 4.90 Å². The first-order chi connectivity index (χ1) is 13.3. The van der Waals surface area contributed by atoms with Crippen LogP contribution in [0.15, 0.2) is 41.5 Å². The number of nitrogens with zero attached hydrogens (tertiary/aromatic N) is 2. The first-order valence-electron chi connectivity index (χ1n) is 8.62. The third-order valence-electron chi connectivity index (χ3n) is 4.53. The van der Waals surface area contributed by atoms with Gasteiger partial charge in [-0.2, -0.15) is 5.10 Å². The molecule has 146 valence electrons. The number of hydrazone groups is 1. The number of nitrogens with one attached hydrogen (secondary N) is 1. The van der Waals surface area contributed by atoms with E-state index in [1.165, 1.54) is 0 Å². The van der Waals surface area contributed by atoms with Crippen LogP contribution in [0.5, 0.6) is 11.5 Å². The molecule has 7 nitrogen and oxygen atoms in total. The van der Waals surface area contributed by atoms with E-state index < -0.39 is 11.9 Å². The molecule has 2 amide bonds. The molecule has 2 aromatic rings. The van der Waals surface area contributed by atoms with Gasteiger partial charge in [0.1, 0.15) is 17.5 Å². The zero-order valence-corrected chi connectivity index (χ0v) is 16.4. The summed E-state index contributed by atoms with van der Waals surface area (Å²) in [6.45, 7) is 3.46. The number of carbonyl (C=O) groups is 2. The van der Waals surface area contributed by atoms with Gasteiger partial charge in [0, 0.05) is 10.6 Å². The molecule has 1 aliphatic heterocycles. The van der Waals surface area contributed by atoms with Crippen molar-refractivity contribution in [3.63, 3.8) is 0 Å². The van der Waals surface area contributed by atoms with Crippen LogP contribution in [-0.2, 0) is 9.59 Å². The van der Waals surface area contributed by atoms with Crippen molar-refractivity contribution in [1.29, 1.82) is 0 Å². The highest BCUT2D eigenvalue weighted by Gasteiger charge is 2.39. The third-order valence-corrected chi connectivity index (χ3v) is 4.94. The van der Waals surface area contributed by atoms with Gasteiger partial charge in [0.15, 0.2) is 0 Å². The molecule has 1 unspecified atom stereocenters. The fraction of sp³-hybridized carbons (Fsp3) is 0.250. The molecular weight excluding hydrogens is 382 g/mol. The van der Waals surface area contributed by atoms with Crippen molar-refractivity contribution < 1.29 is 19.4 Å². The zero-order valence-electron chi connectivity index (χ0n) is 15.7. The minimum atomic E-state index is -0.785. The van der Waals surface area contributed by atoms with Crippen molar-refractivity contribution in [1.82, 2.24) is 5.43 Å². The number of phenols is 1. The number of aryl methyl sites for hydroxylation is 1. The minimum absolute atomic E-state index is 0.0116. The highest BCUT2D eigenvalue weighted by Crippen LogP contribution is 2.27. The molecule has 2 N–H and O–H groups in total. The summed E-state index contributed by atoms with van der Waals surface area (Å²) in [6, 6.07) is 9.04. The number of phenolic OH excluding ortho intramolecular Hbond substituents is 1. The van der Waals surface area contributed by atoms with Crippen LogP contribution in [0.2, 0.25) is 5.02 Å². The summed E-state index contributed by atoms with van der Waals surface area (Å²) in [6.07, 6.45) is -0.0116. The molecule has 1 aliphatic rings. The van der Waals surface area contributed by atoms with E-state index in [-0.39, 0.29) is 18.1 Å². The first kappa shape index (κ1) is 19.7. The van der Waals surface area contributed by atoms with Crippen molar-refractivity contribution in [3.8, 4) is 11.5 Å². The molecule has 1 saturated heterocycles. The SMILES string of the molecule is COc1ccc(N2C(=O)CC(N/N=C(\C)c3cc(Cl)c(C)cc3O)C2=O)cc1. The summed E-state index contributed by atoms with van der Waals surface area (Å²) >= 11 is 6.11. The predicted octanol–water partition coefficient (Wildman–Crippen LogP) is 3.01. The van der Waals surface area contributed by atoms with E-state index in [4.69, 9.17) is 16.3 Å². The number of benzene rings is 2. The van der Waals surface area contributed by atoms with E-state index in [2.05, 4.69) is 10.5 Å². The fourth-order valence-electron chi connectivity index (χ4n) is 2.93. The maximum Gasteiger partial charge on any atom is 0.258 e. The molecule has 1 atom stereocenters. The largest absolute Gasteiger partial charge is 0.507 e. The molecule has 0 radical (unpaired) electrons. The molecule has 0 aliphatic carbocycles. The normalized spacial score (nSPS) is 17.2. The van der Waals surface area contributed by atoms with Gasteiger partial charge in [0.2, 0.25) is 5.91 Å². The predicted molar refractivity (Wildman–Crippen MR) is 107 cm³/mol. The Kier molecular flexibility index (Phi) is 5.56. The topological polar surface area (TPSA) is 91.2 Å². The number of amides is 2. The number of aromatic hydroxyl groups is 1. The monoisotopic (exact) mass is 401 g/mol. The lowest BCUT2D eigenvalue weighted by Gasteiger charge is -2.15. The summed E-state index contributed by atoms with van der Waals surface area (Å²) in [7, 11) is 1.54. The van der Waals surface area contributed by atoms with E-state index >= 15 is 0 Å². The Bertz CT molecular complexity index is 957. The molecule has 0 spiro atoms. The second-order valence-corrected chi connectivity index (χ2v) is 6.87. The molecule has 0 aromatic heterocycles. The van der Waals surface area contributed by atoms with Crippen LogP contribution in [0.1, 0.15) is 24.5 Å². The smallest absolute Gasteiger partial charge is 0.258 e. The second kappa shape index (κ2) is 7.90. The zero-order chi connectivity index (χ0) is 20.4. The fourth-order valence-corrected chi connectivity index (χ4v) is 3.09. The lowest BCUT2D eigenvalue weighted by atomic mass is 10.1. The number of anilines is 1. The van der Waals surface area contributed by atoms with Gasteiger partial charge in [0.05, 0.1) is 24.9 Å². The maximum absolute atomic E-state index is 12.7. The number of imide groups is 1. The Morgan fingerprint density at radius 2 is 1.96 bits per heavy atom. The van der Waals surface area contributed by atoms with Gasteiger partial charge in [-0.05, 0) is 55.8 Å². The molecule has 8 heteroatoms. The summed E-state index contributed by atoms with van der Waals surface area (Å²) in [5.74, 6) is -0.0347. The van der Waals surface area contributed by atoms with E-state index in [0.717, 1.165) is 10.5 Å². The van der Waals surface area contributed by atoms with Crippen LogP contribution < -0.4 is 15.1 Å². The van der Waals surface area contributed by atoms with Gasteiger partial charge < -0.3 is 9.84 Å². The maximum atomic E-state index is 12.7. The Hall–Kier alpha value is -3.06. The van der Waals surface area contributed by atoms with Crippen molar-refractivity contribution in [2.75, 3.05) is 12.0 Å². The highest BCUT2D eigenvalue weighted by atomic mass is 35.5. The molecule has 0 saturated carbocycles. The van der Waals surface area contributed by atoms with Crippen LogP contribution in [0, 0.1) is 6.92 Å². The van der Waals surface area contributed by atoms with E-state index in [1.54, 1.807) is 57.4 Å². The standard InChI is InChI=1S/C20H20ClN3O4/c1-11-8-18(25)15(9-16(11)21)12(2)22-23-17-10-19(26)24(20(17)27)13-4-6-14(28-3)7-5-13/h4-9,17,23,25H,10H2,1-3H3/b22-12+. The Balaban J connectivity index is 1.76. The average molecular weight is 402 g/mol. The van der Waals surface area contributed by atoms with E-state index in [0.29, 0.717) is 27.7 Å². The molecular formula is C20H20ClN3O4. The summed E-state index contributed by atoms with van der Waals surface area (Å²) < 4.78 is 5.09. The van der Waals surface area contributed by atoms with Crippen molar-refractivity contribution >= 4 is 34.8 Å². The van der Waals surface area contributed by atoms with E-state index in [9.17, 15) is 14.7 Å². The Morgan fingerprint density at radius 1 is 1.29 bits per heavy atom. The lowest BCUT2D eigenvalue weighted by Crippen LogP contribution is -2.37. The number of rotatable bonds is 5. The van der Waals surface area contributed by atoms with Crippen molar-refractivity contribution in [2.24, 2.45) is 5.10 Å². The van der Waals surface area contributed by atoms with Crippen LogP contribution in [-0.4, -0.2) is 35.8 Å². The first-order valence-corrected chi connectivity index (χ1v) is 8.99. The van der Waals surface area contributed by atoms with Crippen LogP contribution in [0.3, 0.4) is 0 Å². The molecule has 1 fully saturated rings. The number of methoxy groups -OCH3 is 1. The Labute approximate surface area is 167 Å². The number of halogens is 1. The van der Waals surface area contributed by atoms with Gasteiger partial charge in [-0.3, -0.25) is 15.0 Å². The number of ether oxygens (including phenoxy) is 1. The number of carbonyl (C=O) groups excluding carboxylic acids is 2. The third kappa shape index (κ3) is 3.80. The van der Waals surface area contributed by atoms with Gasteiger partial charge in [0.25, 0.3) is 5.91 Å². The van der Waals surface area contributed by atoms with Crippen LogP contribution in [0.4, 0.5) is 5.69 Å². The second-order valence-electron chi connectivity index (χ2n) is 6.47. The molecule has 2 aromatic carbocycles. The van der Waals surface area contributed by atoms with Crippen LogP contribution >= 0.6 is 11.6 Å². The molecule has 28 heavy (non-hydrogen) atoms. The highest BCUT2D eigenvalue weighted by molar-refractivity contribution is 6.32. The van der Waals surface area contributed by atoms with Gasteiger partial charge >= 0.3 is 0 Å². The average Bonchev–Trinajstić information content (AvgIpc) is 2.96. The lowest BCUT2D eigenvalue weighted by molar-refractivity contribution is -0.121.